The summed E-state index contributed by atoms with van der Waals surface area (Å²) >= 11 is 0. The van der Waals surface area contributed by atoms with Gasteiger partial charge in [0, 0.05) is 36.2 Å². The molecule has 9 heteroatoms. The molecule has 0 amide bonds. The van der Waals surface area contributed by atoms with Crippen molar-refractivity contribution in [2.24, 2.45) is 5.92 Å². The van der Waals surface area contributed by atoms with Crippen molar-refractivity contribution in [3.8, 4) is 0 Å². The van der Waals surface area contributed by atoms with Crippen LogP contribution in [0.4, 0.5) is 14.5 Å². The number of nitrogens with one attached hydrogen (secondary N) is 1. The fourth-order valence-corrected chi connectivity index (χ4v) is 4.98. The molecule has 1 saturated heterocycles. The largest absolute Gasteiger partial charge is 0.390 e. The maximum Gasteiger partial charge on any atom is 0.329 e. The lowest BCUT2D eigenvalue weighted by Gasteiger charge is -2.26. The van der Waals surface area contributed by atoms with Crippen LogP contribution >= 0.6 is 0 Å². The number of hydrogen-bond donors (Lipinski definition) is 3. The van der Waals surface area contributed by atoms with Crippen molar-refractivity contribution >= 4 is 16.6 Å². The quantitative estimate of drug-likeness (QED) is 0.694. The maximum atomic E-state index is 15.5. The monoisotopic (exact) mass is 421 g/mol. The molecule has 1 aromatic carbocycles. The summed E-state index contributed by atoms with van der Waals surface area (Å²) < 4.78 is 31.8. The summed E-state index contributed by atoms with van der Waals surface area (Å²) in [6.45, 7) is 3.05. The van der Waals surface area contributed by atoms with Crippen molar-refractivity contribution in [2.75, 3.05) is 18.0 Å². The van der Waals surface area contributed by atoms with Crippen LogP contribution in [0.3, 0.4) is 0 Å². The van der Waals surface area contributed by atoms with Crippen LogP contribution in [0.15, 0.2) is 9.59 Å². The van der Waals surface area contributed by atoms with E-state index in [4.69, 9.17) is 0 Å². The number of alkyl halides is 1. The number of hydrogen-bond acceptors (Lipinski definition) is 5. The molecule has 5 rings (SSSR count). The van der Waals surface area contributed by atoms with E-state index in [0.29, 0.717) is 23.9 Å². The molecule has 1 aliphatic heterocycles. The standard InChI is InChI=1S/C21H25F2N3O4/c1-9-14-16(26(11-3-4-11)20(29)24-19(14)28)10(2)17(15(9)23)25-7-12(13(22)8-25)18(27)21(30)5-6-21/h11-13,18,27,30H,3-8H2,1-2H3,(H,24,28,29). The minimum absolute atomic E-state index is 0.0422. The summed E-state index contributed by atoms with van der Waals surface area (Å²) in [6, 6.07) is -0.0422. The Morgan fingerprint density at radius 1 is 1.17 bits per heavy atom. The molecule has 2 aliphatic carbocycles. The second-order valence-electron chi connectivity index (χ2n) is 9.13. The molecule has 162 valence electrons. The predicted octanol–water partition coefficient (Wildman–Crippen LogP) is 1.44. The van der Waals surface area contributed by atoms with E-state index in [1.165, 1.54) is 16.4 Å². The van der Waals surface area contributed by atoms with Crippen LogP contribution in [0, 0.1) is 25.6 Å². The highest BCUT2D eigenvalue weighted by Crippen LogP contribution is 2.45. The van der Waals surface area contributed by atoms with Crippen molar-refractivity contribution in [1.82, 2.24) is 9.55 Å². The van der Waals surface area contributed by atoms with Gasteiger partial charge in [-0.25, -0.2) is 13.6 Å². The number of rotatable bonds is 4. The molecule has 3 unspecified atom stereocenters. The zero-order valence-corrected chi connectivity index (χ0v) is 16.9. The topological polar surface area (TPSA) is 98.6 Å². The molecule has 0 spiro atoms. The van der Waals surface area contributed by atoms with Gasteiger partial charge in [0.2, 0.25) is 0 Å². The summed E-state index contributed by atoms with van der Waals surface area (Å²) in [5, 5.41) is 20.8. The molecule has 2 heterocycles. The molecule has 3 N–H and O–H groups in total. The molecule has 0 bridgehead atoms. The van der Waals surface area contributed by atoms with Crippen LogP contribution in [0.25, 0.3) is 10.9 Å². The maximum absolute atomic E-state index is 15.5. The van der Waals surface area contributed by atoms with E-state index in [1.54, 1.807) is 6.92 Å². The number of aliphatic hydroxyl groups excluding tert-OH is 1. The zero-order chi connectivity index (χ0) is 21.5. The number of halogens is 2. The van der Waals surface area contributed by atoms with Crippen LogP contribution < -0.4 is 16.1 Å². The molecule has 2 aromatic rings. The predicted molar refractivity (Wildman–Crippen MR) is 107 cm³/mol. The Balaban J connectivity index is 1.66. The fourth-order valence-electron chi connectivity index (χ4n) is 4.98. The highest BCUT2D eigenvalue weighted by Gasteiger charge is 2.54. The van der Waals surface area contributed by atoms with Gasteiger partial charge in [-0.3, -0.25) is 14.3 Å². The first kappa shape index (κ1) is 19.7. The molecule has 2 saturated carbocycles. The molecule has 0 radical (unpaired) electrons. The van der Waals surface area contributed by atoms with Gasteiger partial charge in [0.25, 0.3) is 5.56 Å². The second-order valence-corrected chi connectivity index (χ2v) is 9.13. The number of anilines is 1. The summed E-state index contributed by atoms with van der Waals surface area (Å²) in [4.78, 5) is 28.8. The Kier molecular flexibility index (Phi) is 4.18. The third-order valence-electron chi connectivity index (χ3n) is 7.00. The van der Waals surface area contributed by atoms with Gasteiger partial charge in [0.1, 0.15) is 6.17 Å². The normalized spacial score (nSPS) is 26.4. The van der Waals surface area contributed by atoms with E-state index in [0.717, 1.165) is 12.8 Å². The SMILES string of the molecule is Cc1c(F)c(N2CC(F)C(C(O)C3(O)CC3)C2)c(C)c2c1c(=O)[nH]c(=O)n2C1CC1. The number of aromatic nitrogens is 2. The van der Waals surface area contributed by atoms with Crippen LogP contribution in [0.1, 0.15) is 42.9 Å². The molecule has 30 heavy (non-hydrogen) atoms. The Hall–Kier alpha value is -2.26. The number of aliphatic hydroxyl groups is 2. The molecule has 3 aliphatic rings. The number of H-pyrrole nitrogens is 1. The van der Waals surface area contributed by atoms with E-state index in [1.807, 2.05) is 0 Å². The smallest absolute Gasteiger partial charge is 0.329 e. The van der Waals surface area contributed by atoms with Gasteiger partial charge >= 0.3 is 5.69 Å². The molecule has 3 atom stereocenters. The van der Waals surface area contributed by atoms with Crippen molar-refractivity contribution in [3.05, 3.63) is 37.8 Å². The number of aryl methyl sites for hydroxylation is 2. The van der Waals surface area contributed by atoms with Gasteiger partial charge in [-0.2, -0.15) is 0 Å². The van der Waals surface area contributed by atoms with Crippen molar-refractivity contribution < 1.29 is 19.0 Å². The minimum atomic E-state index is -1.43. The number of aromatic amines is 1. The number of fused-ring (bicyclic) bond motifs is 1. The van der Waals surface area contributed by atoms with Gasteiger partial charge in [0.05, 0.1) is 28.3 Å². The first-order valence-corrected chi connectivity index (χ1v) is 10.4. The fraction of sp³-hybridized carbons (Fsp3) is 0.619. The summed E-state index contributed by atoms with van der Waals surface area (Å²) in [6.07, 6.45) is -0.184. The summed E-state index contributed by atoms with van der Waals surface area (Å²) in [5.74, 6) is -1.46. The average molecular weight is 421 g/mol. The van der Waals surface area contributed by atoms with Gasteiger partial charge < -0.3 is 15.1 Å². The van der Waals surface area contributed by atoms with Gasteiger partial charge in [-0.1, -0.05) is 0 Å². The highest BCUT2D eigenvalue weighted by molar-refractivity contribution is 5.90. The Labute approximate surface area is 170 Å². The van der Waals surface area contributed by atoms with Gasteiger partial charge in [0.15, 0.2) is 5.82 Å². The van der Waals surface area contributed by atoms with E-state index >= 15 is 4.39 Å². The van der Waals surface area contributed by atoms with Crippen LogP contribution in [0.5, 0.6) is 0 Å². The Bertz CT molecular complexity index is 1170. The van der Waals surface area contributed by atoms with E-state index < -0.39 is 40.9 Å². The average Bonchev–Trinajstić information content (AvgIpc) is 3.60. The lowest BCUT2D eigenvalue weighted by atomic mass is 9.94. The third kappa shape index (κ3) is 2.75. The lowest BCUT2D eigenvalue weighted by molar-refractivity contribution is -0.0440. The molecular weight excluding hydrogens is 396 g/mol. The summed E-state index contributed by atoms with van der Waals surface area (Å²) in [7, 11) is 0. The van der Waals surface area contributed by atoms with E-state index in [9.17, 15) is 24.2 Å². The molecule has 7 nitrogen and oxygen atoms in total. The van der Waals surface area contributed by atoms with Crippen molar-refractivity contribution in [1.29, 1.82) is 0 Å². The number of nitrogens with zero attached hydrogens (tertiary/aromatic N) is 2. The molecule has 1 aromatic heterocycles. The Morgan fingerprint density at radius 3 is 2.43 bits per heavy atom. The van der Waals surface area contributed by atoms with Gasteiger partial charge in [-0.05, 0) is 39.5 Å². The van der Waals surface area contributed by atoms with Crippen LogP contribution in [-0.4, -0.2) is 50.7 Å². The number of benzene rings is 1. The summed E-state index contributed by atoms with van der Waals surface area (Å²) in [5.41, 5.74) is -1.34. The van der Waals surface area contributed by atoms with Gasteiger partial charge in [-0.15, -0.1) is 0 Å². The first-order chi connectivity index (χ1) is 14.1. The van der Waals surface area contributed by atoms with Crippen LogP contribution in [-0.2, 0) is 0 Å². The van der Waals surface area contributed by atoms with E-state index in [-0.39, 0.29) is 35.8 Å². The van der Waals surface area contributed by atoms with Crippen molar-refractivity contribution in [3.63, 3.8) is 0 Å². The minimum Gasteiger partial charge on any atom is -0.390 e. The zero-order valence-electron chi connectivity index (χ0n) is 16.9. The highest BCUT2D eigenvalue weighted by atomic mass is 19.1. The van der Waals surface area contributed by atoms with Crippen LogP contribution in [0.2, 0.25) is 0 Å². The Morgan fingerprint density at radius 2 is 1.83 bits per heavy atom. The van der Waals surface area contributed by atoms with E-state index in [2.05, 4.69) is 4.98 Å². The lowest BCUT2D eigenvalue weighted by Crippen LogP contribution is -2.40. The first-order valence-electron chi connectivity index (χ1n) is 10.4. The second kappa shape index (κ2) is 6.37. The molecular formula is C21H25F2N3O4. The third-order valence-corrected chi connectivity index (χ3v) is 7.00. The van der Waals surface area contributed by atoms with Crippen molar-refractivity contribution in [2.45, 2.75) is 63.4 Å². The molecule has 3 fully saturated rings.